The van der Waals surface area contributed by atoms with Gasteiger partial charge in [-0.15, -0.1) is 0 Å². The van der Waals surface area contributed by atoms with E-state index in [9.17, 15) is 15.3 Å². The van der Waals surface area contributed by atoms with E-state index >= 15 is 0 Å². The molecule has 0 bridgehead atoms. The molecular formula is C16H15N3O3. The summed E-state index contributed by atoms with van der Waals surface area (Å²) in [7, 11) is 1.84. The van der Waals surface area contributed by atoms with Gasteiger partial charge in [-0.05, 0) is 30.3 Å². The van der Waals surface area contributed by atoms with Crippen LogP contribution in [0.25, 0.3) is 11.0 Å². The summed E-state index contributed by atoms with van der Waals surface area (Å²) < 4.78 is 1.82. The zero-order chi connectivity index (χ0) is 15.7. The number of aliphatic imine (C=N–C) groups is 1. The predicted octanol–water partition coefficient (Wildman–Crippen LogP) is 2.23. The fourth-order valence-corrected chi connectivity index (χ4v) is 2.26. The second kappa shape index (κ2) is 5.50. The van der Waals surface area contributed by atoms with Crippen LogP contribution in [0, 0.1) is 0 Å². The molecule has 0 aliphatic rings. The zero-order valence-electron chi connectivity index (χ0n) is 11.9. The molecule has 1 aromatic heterocycles. The Labute approximate surface area is 126 Å². The average Bonchev–Trinajstić information content (AvgIpc) is 2.84. The minimum absolute atomic E-state index is 0.124. The Kier molecular flexibility index (Phi) is 3.52. The molecular weight excluding hydrogens is 282 g/mol. The van der Waals surface area contributed by atoms with Gasteiger partial charge in [0.15, 0.2) is 11.5 Å². The van der Waals surface area contributed by atoms with Crippen LogP contribution in [-0.4, -0.2) is 31.1 Å². The minimum atomic E-state index is -0.201. The number of aromatic nitrogens is 2. The molecule has 0 aliphatic carbocycles. The van der Waals surface area contributed by atoms with Crippen LogP contribution in [0.1, 0.15) is 11.4 Å². The van der Waals surface area contributed by atoms with E-state index in [1.165, 1.54) is 12.3 Å². The van der Waals surface area contributed by atoms with Crippen LogP contribution in [0.5, 0.6) is 11.5 Å². The molecule has 0 atom stereocenters. The van der Waals surface area contributed by atoms with Crippen molar-refractivity contribution >= 4 is 22.9 Å². The van der Waals surface area contributed by atoms with Crippen molar-refractivity contribution in [3.63, 3.8) is 0 Å². The second-order valence-corrected chi connectivity index (χ2v) is 4.89. The Hall–Kier alpha value is -2.86. The summed E-state index contributed by atoms with van der Waals surface area (Å²) in [6.45, 7) is -0.124. The Morgan fingerprint density at radius 3 is 2.82 bits per heavy atom. The van der Waals surface area contributed by atoms with Crippen molar-refractivity contribution in [2.75, 3.05) is 0 Å². The fraction of sp³-hybridized carbons (Fsp3) is 0.125. The lowest BCUT2D eigenvalue weighted by Gasteiger charge is -2.01. The summed E-state index contributed by atoms with van der Waals surface area (Å²) in [5, 5.41) is 28.4. The maximum Gasteiger partial charge on any atom is 0.166 e. The molecule has 22 heavy (non-hydrogen) atoms. The highest BCUT2D eigenvalue weighted by Crippen LogP contribution is 2.28. The molecule has 2 aromatic carbocycles. The fourth-order valence-electron chi connectivity index (χ4n) is 2.26. The molecule has 1 heterocycles. The van der Waals surface area contributed by atoms with Crippen molar-refractivity contribution in [2.45, 2.75) is 6.61 Å². The average molecular weight is 297 g/mol. The van der Waals surface area contributed by atoms with Crippen LogP contribution < -0.4 is 0 Å². The normalized spacial score (nSPS) is 11.5. The summed E-state index contributed by atoms with van der Waals surface area (Å²) in [6.07, 6.45) is 1.48. The maximum atomic E-state index is 9.73. The van der Waals surface area contributed by atoms with Gasteiger partial charge >= 0.3 is 0 Å². The van der Waals surface area contributed by atoms with Gasteiger partial charge in [0.2, 0.25) is 0 Å². The Balaban J connectivity index is 1.97. The van der Waals surface area contributed by atoms with E-state index in [0.29, 0.717) is 17.1 Å². The third kappa shape index (κ3) is 2.40. The number of imidazole rings is 1. The molecule has 6 nitrogen and oxygen atoms in total. The van der Waals surface area contributed by atoms with E-state index in [1.807, 2.05) is 23.7 Å². The van der Waals surface area contributed by atoms with Gasteiger partial charge in [0, 0.05) is 18.8 Å². The standard InChI is InChI=1S/C16H15N3O3/c1-19-13-6-5-11(7-12(13)18-15(19)9-20)17-8-10-3-2-4-14(21)16(10)22/h2-8,20-22H,9H2,1H3. The first-order valence-electron chi connectivity index (χ1n) is 6.71. The number of phenols is 2. The highest BCUT2D eigenvalue weighted by atomic mass is 16.3. The first-order valence-corrected chi connectivity index (χ1v) is 6.71. The Bertz CT molecular complexity index is 868. The number of rotatable bonds is 3. The van der Waals surface area contributed by atoms with Gasteiger partial charge in [-0.2, -0.15) is 0 Å². The molecule has 3 N–H and O–H groups in total. The number of para-hydroxylation sites is 1. The quantitative estimate of drug-likeness (QED) is 0.510. The topological polar surface area (TPSA) is 90.9 Å². The van der Waals surface area contributed by atoms with Gasteiger partial charge in [-0.1, -0.05) is 6.07 Å². The van der Waals surface area contributed by atoms with Crippen molar-refractivity contribution in [1.82, 2.24) is 9.55 Å². The smallest absolute Gasteiger partial charge is 0.166 e. The number of nitrogens with zero attached hydrogens (tertiary/aromatic N) is 3. The number of aromatic hydroxyl groups is 2. The number of fused-ring (bicyclic) bond motifs is 1. The van der Waals surface area contributed by atoms with Gasteiger partial charge in [0.25, 0.3) is 0 Å². The lowest BCUT2D eigenvalue weighted by molar-refractivity contribution is 0.268. The van der Waals surface area contributed by atoms with Gasteiger partial charge < -0.3 is 19.9 Å². The highest BCUT2D eigenvalue weighted by molar-refractivity contribution is 5.88. The van der Waals surface area contributed by atoms with Gasteiger partial charge in [-0.3, -0.25) is 4.99 Å². The van der Waals surface area contributed by atoms with Crippen LogP contribution in [0.3, 0.4) is 0 Å². The molecule has 0 spiro atoms. The van der Waals surface area contributed by atoms with Crippen LogP contribution in [0.15, 0.2) is 41.4 Å². The minimum Gasteiger partial charge on any atom is -0.504 e. The Morgan fingerprint density at radius 2 is 2.05 bits per heavy atom. The van der Waals surface area contributed by atoms with Gasteiger partial charge in [-0.25, -0.2) is 4.98 Å². The van der Waals surface area contributed by atoms with E-state index in [-0.39, 0.29) is 18.1 Å². The van der Waals surface area contributed by atoms with E-state index < -0.39 is 0 Å². The second-order valence-electron chi connectivity index (χ2n) is 4.89. The first kappa shape index (κ1) is 14.1. The SMILES string of the molecule is Cn1c(CO)nc2cc(N=Cc3cccc(O)c3O)ccc21. The third-order valence-electron chi connectivity index (χ3n) is 3.50. The summed E-state index contributed by atoms with van der Waals surface area (Å²) in [4.78, 5) is 8.61. The number of hydrogen-bond acceptors (Lipinski definition) is 5. The van der Waals surface area contributed by atoms with Crippen molar-refractivity contribution in [3.05, 3.63) is 47.8 Å². The number of phenolic OH excluding ortho intramolecular Hbond substituents is 2. The van der Waals surface area contributed by atoms with E-state index in [2.05, 4.69) is 9.98 Å². The molecule has 0 amide bonds. The van der Waals surface area contributed by atoms with Crippen LogP contribution in [0.2, 0.25) is 0 Å². The largest absolute Gasteiger partial charge is 0.504 e. The lowest BCUT2D eigenvalue weighted by atomic mass is 10.2. The number of hydrogen-bond donors (Lipinski definition) is 3. The Morgan fingerprint density at radius 1 is 1.23 bits per heavy atom. The van der Waals surface area contributed by atoms with E-state index in [0.717, 1.165) is 11.0 Å². The molecule has 112 valence electrons. The van der Waals surface area contributed by atoms with Gasteiger partial charge in [0.1, 0.15) is 12.4 Å². The lowest BCUT2D eigenvalue weighted by Crippen LogP contribution is -1.96. The van der Waals surface area contributed by atoms with E-state index in [4.69, 9.17) is 0 Å². The molecule has 0 saturated carbocycles. The number of aryl methyl sites for hydroxylation is 1. The molecule has 6 heteroatoms. The van der Waals surface area contributed by atoms with Crippen LogP contribution >= 0.6 is 0 Å². The number of aliphatic hydroxyl groups is 1. The summed E-state index contributed by atoms with van der Waals surface area (Å²) >= 11 is 0. The van der Waals surface area contributed by atoms with Crippen molar-refractivity contribution in [2.24, 2.45) is 12.0 Å². The van der Waals surface area contributed by atoms with Gasteiger partial charge in [0.05, 0.1) is 16.7 Å². The third-order valence-corrected chi connectivity index (χ3v) is 3.50. The van der Waals surface area contributed by atoms with Crippen molar-refractivity contribution < 1.29 is 15.3 Å². The predicted molar refractivity (Wildman–Crippen MR) is 83.7 cm³/mol. The molecule has 0 unspecified atom stereocenters. The summed E-state index contributed by atoms with van der Waals surface area (Å²) in [5.74, 6) is 0.200. The highest BCUT2D eigenvalue weighted by Gasteiger charge is 2.07. The molecule has 0 saturated heterocycles. The summed E-state index contributed by atoms with van der Waals surface area (Å²) in [5.41, 5.74) is 2.74. The zero-order valence-corrected chi connectivity index (χ0v) is 11.9. The monoisotopic (exact) mass is 297 g/mol. The van der Waals surface area contributed by atoms with E-state index in [1.54, 1.807) is 18.2 Å². The summed E-state index contributed by atoms with van der Waals surface area (Å²) in [6, 6.07) is 10.2. The van der Waals surface area contributed by atoms with Crippen molar-refractivity contribution in [1.29, 1.82) is 0 Å². The molecule has 0 fully saturated rings. The molecule has 3 aromatic rings. The first-order chi connectivity index (χ1) is 10.6. The molecule has 3 rings (SSSR count). The maximum absolute atomic E-state index is 9.73. The van der Waals surface area contributed by atoms with Crippen molar-refractivity contribution in [3.8, 4) is 11.5 Å². The molecule has 0 radical (unpaired) electrons. The number of aliphatic hydroxyl groups excluding tert-OH is 1. The van der Waals surface area contributed by atoms with Crippen LogP contribution in [-0.2, 0) is 13.7 Å². The number of benzene rings is 2. The molecule has 0 aliphatic heterocycles. The van der Waals surface area contributed by atoms with Crippen LogP contribution in [0.4, 0.5) is 5.69 Å².